The van der Waals surface area contributed by atoms with Crippen LogP contribution in [-0.4, -0.2) is 13.2 Å². The van der Waals surface area contributed by atoms with Crippen LogP contribution in [0.2, 0.25) is 0 Å². The first-order chi connectivity index (χ1) is 6.31. The first-order valence-corrected chi connectivity index (χ1v) is 5.07. The van der Waals surface area contributed by atoms with Crippen LogP contribution < -0.4 is 9.62 Å². The van der Waals surface area contributed by atoms with E-state index >= 15 is 0 Å². The van der Waals surface area contributed by atoms with Crippen LogP contribution in [0.5, 0.6) is 0 Å². The van der Waals surface area contributed by atoms with Crippen LogP contribution in [0.1, 0.15) is 6.92 Å². The van der Waals surface area contributed by atoms with E-state index in [1.54, 1.807) is 6.07 Å². The highest BCUT2D eigenvalue weighted by Gasteiger charge is 2.15. The quantitative estimate of drug-likeness (QED) is 0.696. The topological polar surface area (TPSA) is 15.3 Å². The average Bonchev–Trinajstić information content (AvgIpc) is 2.16. The Kier molecular flexibility index (Phi) is 2.42. The zero-order chi connectivity index (χ0) is 9.26. The largest absolute Gasteiger partial charge is 0.357 e. The van der Waals surface area contributed by atoms with Gasteiger partial charge in [-0.2, -0.15) is 0 Å². The second kappa shape index (κ2) is 3.55. The van der Waals surface area contributed by atoms with E-state index in [1.165, 1.54) is 18.0 Å². The molecule has 0 bridgehead atoms. The Labute approximate surface area is 81.3 Å². The highest BCUT2D eigenvalue weighted by atomic mass is 32.2. The van der Waals surface area contributed by atoms with Gasteiger partial charge in [0.15, 0.2) is 0 Å². The number of anilines is 1. The van der Waals surface area contributed by atoms with Crippen LogP contribution >= 0.6 is 11.9 Å². The lowest BCUT2D eigenvalue weighted by Gasteiger charge is -2.29. The van der Waals surface area contributed by atoms with Gasteiger partial charge in [-0.05, 0) is 37.1 Å². The Morgan fingerprint density at radius 2 is 2.46 bits per heavy atom. The first kappa shape index (κ1) is 8.84. The summed E-state index contributed by atoms with van der Waals surface area (Å²) < 4.78 is 16.0. The number of nitrogens with one attached hydrogen (secondary N) is 1. The van der Waals surface area contributed by atoms with Gasteiger partial charge in [0.05, 0.1) is 12.4 Å². The molecule has 0 spiro atoms. The van der Waals surface area contributed by atoms with E-state index in [2.05, 4.69) is 16.5 Å². The van der Waals surface area contributed by atoms with Gasteiger partial charge in [0.25, 0.3) is 0 Å². The van der Waals surface area contributed by atoms with E-state index < -0.39 is 0 Å². The molecule has 0 aliphatic carbocycles. The third-order valence-electron chi connectivity index (χ3n) is 2.08. The van der Waals surface area contributed by atoms with Crippen molar-refractivity contribution >= 4 is 17.6 Å². The number of halogens is 1. The highest BCUT2D eigenvalue weighted by Crippen LogP contribution is 2.32. The Hall–Kier alpha value is -0.740. The summed E-state index contributed by atoms with van der Waals surface area (Å²) in [6, 6.07) is 4.91. The van der Waals surface area contributed by atoms with Crippen molar-refractivity contribution in [3.05, 3.63) is 24.0 Å². The van der Waals surface area contributed by atoms with Crippen molar-refractivity contribution in [1.29, 1.82) is 0 Å². The number of nitrogens with zero attached hydrogens (tertiary/aromatic N) is 1. The van der Waals surface area contributed by atoms with E-state index in [9.17, 15) is 4.39 Å². The standard InChI is InChI=1S/C9H11FN2S/c1-2-12-6-11-13-9-5-7(10)3-4-8(9)12/h3-5,11H,2,6H2,1H3. The van der Waals surface area contributed by atoms with Crippen molar-refractivity contribution in [2.75, 3.05) is 18.1 Å². The van der Waals surface area contributed by atoms with Crippen LogP contribution in [0, 0.1) is 5.82 Å². The fourth-order valence-corrected chi connectivity index (χ4v) is 2.24. The van der Waals surface area contributed by atoms with Gasteiger partial charge in [-0.3, -0.25) is 0 Å². The van der Waals surface area contributed by atoms with E-state index in [1.807, 2.05) is 6.07 Å². The molecule has 0 atom stereocenters. The number of hydrogen-bond donors (Lipinski definition) is 1. The van der Waals surface area contributed by atoms with Crippen molar-refractivity contribution < 1.29 is 4.39 Å². The lowest BCUT2D eigenvalue weighted by molar-refractivity contribution is 0.622. The summed E-state index contributed by atoms with van der Waals surface area (Å²) in [5, 5.41) is 0. The minimum Gasteiger partial charge on any atom is -0.357 e. The highest BCUT2D eigenvalue weighted by molar-refractivity contribution is 7.97. The first-order valence-electron chi connectivity index (χ1n) is 4.25. The van der Waals surface area contributed by atoms with Gasteiger partial charge in [-0.25, -0.2) is 9.11 Å². The minimum atomic E-state index is -0.175. The maximum absolute atomic E-state index is 12.9. The summed E-state index contributed by atoms with van der Waals surface area (Å²) in [5.41, 5.74) is 1.12. The van der Waals surface area contributed by atoms with Crippen molar-refractivity contribution in [3.8, 4) is 0 Å². The summed E-state index contributed by atoms with van der Waals surface area (Å²) in [6.45, 7) is 3.84. The fourth-order valence-electron chi connectivity index (χ4n) is 1.39. The maximum Gasteiger partial charge on any atom is 0.124 e. The van der Waals surface area contributed by atoms with Crippen LogP contribution in [0.25, 0.3) is 0 Å². The molecule has 0 fully saturated rings. The molecule has 2 nitrogen and oxygen atoms in total. The molecular formula is C9H11FN2S. The van der Waals surface area contributed by atoms with Crippen molar-refractivity contribution in [1.82, 2.24) is 4.72 Å². The molecule has 1 aromatic rings. The molecule has 13 heavy (non-hydrogen) atoms. The zero-order valence-electron chi connectivity index (χ0n) is 7.38. The molecule has 0 saturated carbocycles. The number of fused-ring (bicyclic) bond motifs is 1. The van der Waals surface area contributed by atoms with Gasteiger partial charge in [-0.15, -0.1) is 0 Å². The van der Waals surface area contributed by atoms with E-state index in [4.69, 9.17) is 0 Å². The Balaban J connectivity index is 2.40. The summed E-state index contributed by atoms with van der Waals surface area (Å²) in [6.07, 6.45) is 0. The Bertz CT molecular complexity index is 316. The van der Waals surface area contributed by atoms with Crippen LogP contribution in [0.4, 0.5) is 10.1 Å². The number of hydrogen-bond acceptors (Lipinski definition) is 3. The van der Waals surface area contributed by atoms with Gasteiger partial charge in [0.2, 0.25) is 0 Å². The lowest BCUT2D eigenvalue weighted by Crippen LogP contribution is -2.34. The minimum absolute atomic E-state index is 0.175. The van der Waals surface area contributed by atoms with Gasteiger partial charge in [0, 0.05) is 11.4 Å². The second-order valence-corrected chi connectivity index (χ2v) is 3.81. The molecule has 0 saturated heterocycles. The molecule has 0 radical (unpaired) electrons. The molecule has 70 valence electrons. The maximum atomic E-state index is 12.9. The monoisotopic (exact) mass is 198 g/mol. The third kappa shape index (κ3) is 1.64. The van der Waals surface area contributed by atoms with Crippen LogP contribution in [0.3, 0.4) is 0 Å². The summed E-state index contributed by atoms with van der Waals surface area (Å²) in [4.78, 5) is 3.14. The predicted molar refractivity (Wildman–Crippen MR) is 53.3 cm³/mol. The molecular weight excluding hydrogens is 187 g/mol. The van der Waals surface area contributed by atoms with Gasteiger partial charge >= 0.3 is 0 Å². The molecule has 0 unspecified atom stereocenters. The van der Waals surface area contributed by atoms with Crippen LogP contribution in [0.15, 0.2) is 23.1 Å². The molecule has 1 N–H and O–H groups in total. The predicted octanol–water partition coefficient (Wildman–Crippen LogP) is 2.22. The normalized spacial score (nSPS) is 15.7. The Morgan fingerprint density at radius 3 is 3.23 bits per heavy atom. The average molecular weight is 198 g/mol. The lowest BCUT2D eigenvalue weighted by atomic mass is 10.3. The van der Waals surface area contributed by atoms with Crippen molar-refractivity contribution in [3.63, 3.8) is 0 Å². The summed E-state index contributed by atoms with van der Waals surface area (Å²) >= 11 is 1.49. The zero-order valence-corrected chi connectivity index (χ0v) is 8.20. The molecule has 1 heterocycles. The molecule has 0 aromatic heterocycles. The van der Waals surface area contributed by atoms with Gasteiger partial charge in [-0.1, -0.05) is 0 Å². The Morgan fingerprint density at radius 1 is 1.62 bits per heavy atom. The molecule has 4 heteroatoms. The smallest absolute Gasteiger partial charge is 0.124 e. The molecule has 1 aliphatic heterocycles. The van der Waals surface area contributed by atoms with Crippen molar-refractivity contribution in [2.24, 2.45) is 0 Å². The van der Waals surface area contributed by atoms with E-state index in [0.29, 0.717) is 0 Å². The summed E-state index contributed by atoms with van der Waals surface area (Å²) in [5.74, 6) is -0.175. The van der Waals surface area contributed by atoms with E-state index in [-0.39, 0.29) is 5.82 Å². The summed E-state index contributed by atoms with van der Waals surface area (Å²) in [7, 11) is 0. The molecule has 1 aromatic carbocycles. The SMILES string of the molecule is CCN1CNSc2cc(F)ccc21. The molecule has 1 aliphatic rings. The second-order valence-electron chi connectivity index (χ2n) is 2.87. The van der Waals surface area contributed by atoms with Crippen LogP contribution in [-0.2, 0) is 0 Å². The number of benzene rings is 1. The number of rotatable bonds is 1. The molecule has 2 rings (SSSR count). The van der Waals surface area contributed by atoms with E-state index in [0.717, 1.165) is 23.8 Å². The van der Waals surface area contributed by atoms with Crippen molar-refractivity contribution in [2.45, 2.75) is 11.8 Å². The fraction of sp³-hybridized carbons (Fsp3) is 0.333. The van der Waals surface area contributed by atoms with Gasteiger partial charge < -0.3 is 4.90 Å². The molecule has 0 amide bonds. The third-order valence-corrected chi connectivity index (χ3v) is 2.90. The van der Waals surface area contributed by atoms with Gasteiger partial charge in [0.1, 0.15) is 5.82 Å².